The molecule has 0 radical (unpaired) electrons. The topological polar surface area (TPSA) is 101 Å². The third kappa shape index (κ3) is 6.16. The van der Waals surface area contributed by atoms with Crippen LogP contribution in [-0.4, -0.2) is 27.6 Å². The van der Waals surface area contributed by atoms with E-state index in [9.17, 15) is 9.59 Å². The van der Waals surface area contributed by atoms with Crippen LogP contribution < -0.4 is 15.3 Å². The van der Waals surface area contributed by atoms with E-state index in [1.165, 1.54) is 23.5 Å². The molecule has 2 aromatic heterocycles. The molecule has 226 valence electrons. The molecule has 2 heterocycles. The lowest BCUT2D eigenvalue weighted by Crippen LogP contribution is -2.45. The largest absolute Gasteiger partial charge is 0.454 e. The van der Waals surface area contributed by atoms with Crippen LogP contribution in [0.1, 0.15) is 36.7 Å². The number of nitrogens with zero attached hydrogens (tertiary/aromatic N) is 4. The van der Waals surface area contributed by atoms with Crippen LogP contribution in [0.3, 0.4) is 0 Å². The Balaban J connectivity index is 1.45. The van der Waals surface area contributed by atoms with Crippen molar-refractivity contribution in [1.82, 2.24) is 15.3 Å². The molecule has 6 rings (SSSR count). The number of aromatic nitrogens is 2. The highest BCUT2D eigenvalue weighted by Crippen LogP contribution is 2.39. The molecule has 0 bridgehead atoms. The van der Waals surface area contributed by atoms with Gasteiger partial charge in [-0.15, -0.1) is 0 Å². The standard InChI is InChI=1S/C35H30FN5O4/c1-35(2,3)45-34(43)38-21-23-16-17-27(28(36)20-23)33(42)40(24-10-5-4-6-11-24)41(31-18-19-37-22-39-31)29-14-9-13-26-25-12-7-8-15-30(25)44-32(26)29/h4-20,22H,21H2,1-3H3,(H,38,43). The zero-order valence-electron chi connectivity index (χ0n) is 24.9. The predicted octanol–water partition coefficient (Wildman–Crippen LogP) is 7.94. The Bertz CT molecular complexity index is 1990. The van der Waals surface area contributed by atoms with Crippen LogP contribution in [0.5, 0.6) is 0 Å². The summed E-state index contributed by atoms with van der Waals surface area (Å²) in [6.07, 6.45) is 2.31. The number of carbonyl (C=O) groups excluding carboxylic acids is 2. The summed E-state index contributed by atoms with van der Waals surface area (Å²) in [5.41, 5.74) is 1.78. The maximum absolute atomic E-state index is 15.8. The fourth-order valence-corrected chi connectivity index (χ4v) is 4.98. The monoisotopic (exact) mass is 603 g/mol. The number of alkyl carbamates (subject to hydrolysis) is 1. The number of rotatable bonds is 7. The molecule has 4 aromatic carbocycles. The number of halogens is 1. The van der Waals surface area contributed by atoms with Gasteiger partial charge in [-0.1, -0.05) is 54.6 Å². The lowest BCUT2D eigenvalue weighted by molar-refractivity contribution is 0.0523. The van der Waals surface area contributed by atoms with Crippen LogP contribution in [0.2, 0.25) is 0 Å². The van der Waals surface area contributed by atoms with Crippen molar-refractivity contribution in [1.29, 1.82) is 0 Å². The number of amides is 2. The van der Waals surface area contributed by atoms with Gasteiger partial charge in [0.05, 0.1) is 11.3 Å². The minimum absolute atomic E-state index is 0.0177. The average Bonchev–Trinajstić information content (AvgIpc) is 3.42. The Morgan fingerprint density at radius 3 is 2.40 bits per heavy atom. The predicted molar refractivity (Wildman–Crippen MR) is 171 cm³/mol. The van der Waals surface area contributed by atoms with Crippen molar-refractivity contribution in [3.8, 4) is 0 Å². The van der Waals surface area contributed by atoms with E-state index in [1.807, 2.05) is 48.5 Å². The summed E-state index contributed by atoms with van der Waals surface area (Å²) in [7, 11) is 0. The summed E-state index contributed by atoms with van der Waals surface area (Å²) in [5, 5.41) is 7.33. The first-order valence-electron chi connectivity index (χ1n) is 14.3. The van der Waals surface area contributed by atoms with Crippen LogP contribution >= 0.6 is 0 Å². The van der Waals surface area contributed by atoms with Gasteiger partial charge in [-0.3, -0.25) is 4.79 Å². The average molecular weight is 604 g/mol. The number of carbonyl (C=O) groups is 2. The molecule has 0 aliphatic rings. The molecular weight excluding hydrogens is 573 g/mol. The number of ether oxygens (including phenoxy) is 1. The Hall–Kier alpha value is -5.77. The van der Waals surface area contributed by atoms with Gasteiger partial charge in [0.15, 0.2) is 11.4 Å². The van der Waals surface area contributed by atoms with Crippen molar-refractivity contribution in [2.24, 2.45) is 0 Å². The van der Waals surface area contributed by atoms with Crippen LogP contribution in [-0.2, 0) is 11.3 Å². The van der Waals surface area contributed by atoms with E-state index in [0.717, 1.165) is 10.8 Å². The number of fused-ring (bicyclic) bond motifs is 3. The summed E-state index contributed by atoms with van der Waals surface area (Å²) in [6.45, 7) is 5.28. The number of hydrogen-bond donors (Lipinski definition) is 1. The Labute approximate surface area is 258 Å². The third-order valence-corrected chi connectivity index (χ3v) is 6.89. The van der Waals surface area contributed by atoms with E-state index in [-0.39, 0.29) is 12.1 Å². The Morgan fingerprint density at radius 2 is 1.67 bits per heavy atom. The highest BCUT2D eigenvalue weighted by molar-refractivity contribution is 6.13. The lowest BCUT2D eigenvalue weighted by atomic mass is 10.1. The maximum atomic E-state index is 15.8. The molecule has 0 aliphatic carbocycles. The molecule has 45 heavy (non-hydrogen) atoms. The molecule has 0 saturated carbocycles. The van der Waals surface area contributed by atoms with Crippen molar-refractivity contribution in [2.75, 3.05) is 10.0 Å². The molecule has 0 aliphatic heterocycles. The molecule has 1 N–H and O–H groups in total. The van der Waals surface area contributed by atoms with E-state index in [0.29, 0.717) is 33.9 Å². The summed E-state index contributed by atoms with van der Waals surface area (Å²) in [5.74, 6) is -1.06. The molecule has 9 nitrogen and oxygen atoms in total. The second kappa shape index (κ2) is 12.1. The highest BCUT2D eigenvalue weighted by atomic mass is 19.1. The summed E-state index contributed by atoms with van der Waals surface area (Å²) < 4.78 is 27.4. The fraction of sp³-hybridized carbons (Fsp3) is 0.143. The van der Waals surface area contributed by atoms with Crippen LogP contribution in [0, 0.1) is 5.82 Å². The molecule has 0 unspecified atom stereocenters. The molecule has 0 spiro atoms. The molecule has 0 fully saturated rings. The van der Waals surface area contributed by atoms with Gasteiger partial charge in [-0.2, -0.15) is 0 Å². The van der Waals surface area contributed by atoms with Gasteiger partial charge in [0.25, 0.3) is 5.91 Å². The van der Waals surface area contributed by atoms with Crippen LogP contribution in [0.4, 0.5) is 26.4 Å². The second-order valence-electron chi connectivity index (χ2n) is 11.3. The van der Waals surface area contributed by atoms with Gasteiger partial charge < -0.3 is 14.5 Å². The summed E-state index contributed by atoms with van der Waals surface area (Å²) >= 11 is 0. The molecule has 0 atom stereocenters. The Kier molecular flexibility index (Phi) is 7.87. The number of anilines is 3. The van der Waals surface area contributed by atoms with E-state index in [4.69, 9.17) is 9.15 Å². The van der Waals surface area contributed by atoms with Crippen molar-refractivity contribution >= 4 is 51.1 Å². The maximum Gasteiger partial charge on any atom is 0.407 e. The first kappa shape index (κ1) is 29.3. The lowest BCUT2D eigenvalue weighted by Gasteiger charge is -2.35. The van der Waals surface area contributed by atoms with Crippen molar-refractivity contribution in [3.05, 3.63) is 127 Å². The van der Waals surface area contributed by atoms with Gasteiger partial charge in [0.2, 0.25) is 0 Å². The van der Waals surface area contributed by atoms with E-state index >= 15 is 4.39 Å². The van der Waals surface area contributed by atoms with E-state index in [1.54, 1.807) is 68.4 Å². The fourth-order valence-electron chi connectivity index (χ4n) is 4.98. The summed E-state index contributed by atoms with van der Waals surface area (Å²) in [6, 6.07) is 28.1. The van der Waals surface area contributed by atoms with E-state index in [2.05, 4.69) is 15.3 Å². The Morgan fingerprint density at radius 1 is 0.911 bits per heavy atom. The molecule has 6 aromatic rings. The quantitative estimate of drug-likeness (QED) is 0.185. The zero-order valence-corrected chi connectivity index (χ0v) is 24.9. The van der Waals surface area contributed by atoms with Gasteiger partial charge >= 0.3 is 6.09 Å². The first-order chi connectivity index (χ1) is 21.7. The van der Waals surface area contributed by atoms with Crippen LogP contribution in [0.25, 0.3) is 21.9 Å². The SMILES string of the molecule is CC(C)(C)OC(=O)NCc1ccc(C(=O)N(c2ccccc2)N(c2ccncn2)c2cccc3c2oc2ccccc23)c(F)c1. The first-order valence-corrected chi connectivity index (χ1v) is 14.3. The highest BCUT2D eigenvalue weighted by Gasteiger charge is 2.31. The van der Waals surface area contributed by atoms with Gasteiger partial charge in [-0.05, 0) is 62.7 Å². The molecular formula is C35H30FN5O4. The van der Waals surface area contributed by atoms with Crippen LogP contribution in [0.15, 0.2) is 114 Å². The number of para-hydroxylation sites is 3. The number of benzene rings is 4. The summed E-state index contributed by atoms with van der Waals surface area (Å²) in [4.78, 5) is 35.1. The molecule has 0 saturated heterocycles. The third-order valence-electron chi connectivity index (χ3n) is 6.89. The minimum Gasteiger partial charge on any atom is -0.454 e. The second-order valence-corrected chi connectivity index (χ2v) is 11.3. The van der Waals surface area contributed by atoms with Crippen molar-refractivity contribution in [2.45, 2.75) is 32.9 Å². The number of furan rings is 1. The molecule has 2 amide bonds. The van der Waals surface area contributed by atoms with Gasteiger partial charge in [0.1, 0.15) is 29.0 Å². The van der Waals surface area contributed by atoms with Gasteiger partial charge in [0, 0.05) is 29.6 Å². The smallest absolute Gasteiger partial charge is 0.407 e. The normalized spacial score (nSPS) is 11.4. The van der Waals surface area contributed by atoms with Crippen molar-refractivity contribution in [3.63, 3.8) is 0 Å². The van der Waals surface area contributed by atoms with Crippen molar-refractivity contribution < 1.29 is 23.1 Å². The molecule has 10 heteroatoms. The minimum atomic E-state index is -0.756. The number of hydrazine groups is 1. The zero-order chi connectivity index (χ0) is 31.6. The van der Waals surface area contributed by atoms with E-state index < -0.39 is 23.4 Å². The number of hydrogen-bond acceptors (Lipinski definition) is 7. The van der Waals surface area contributed by atoms with Gasteiger partial charge in [-0.25, -0.2) is 29.2 Å². The number of nitrogens with one attached hydrogen (secondary N) is 1.